The lowest BCUT2D eigenvalue weighted by Crippen LogP contribution is -2.07. The first kappa shape index (κ1) is 14.4. The van der Waals surface area contributed by atoms with E-state index >= 15 is 0 Å². The molecule has 1 unspecified atom stereocenters. The standard InChI is InChI=1S/C15H12BrClN2O2/c16-10-2-4-12-9(7-10)1-6-14(12)18-11-3-5-13(17)15(8-11)19(20)21/h2-5,7-8,14,18H,1,6H2. The first-order valence-corrected chi connectivity index (χ1v) is 7.70. The van der Waals surface area contributed by atoms with Crippen molar-refractivity contribution in [3.05, 3.63) is 67.1 Å². The summed E-state index contributed by atoms with van der Waals surface area (Å²) in [6, 6.07) is 11.2. The van der Waals surface area contributed by atoms with Crippen LogP contribution in [0.15, 0.2) is 40.9 Å². The molecule has 1 aliphatic rings. The highest BCUT2D eigenvalue weighted by atomic mass is 79.9. The van der Waals surface area contributed by atoms with Crippen LogP contribution in [0, 0.1) is 10.1 Å². The molecule has 0 bridgehead atoms. The molecule has 0 aliphatic heterocycles. The van der Waals surface area contributed by atoms with Crippen LogP contribution in [0.2, 0.25) is 5.02 Å². The lowest BCUT2D eigenvalue weighted by molar-refractivity contribution is -0.384. The van der Waals surface area contributed by atoms with E-state index in [-0.39, 0.29) is 16.8 Å². The molecule has 0 spiro atoms. The number of aryl methyl sites for hydroxylation is 1. The van der Waals surface area contributed by atoms with Crippen LogP contribution in [0.1, 0.15) is 23.6 Å². The molecule has 3 rings (SSSR count). The zero-order valence-corrected chi connectivity index (χ0v) is 13.3. The van der Waals surface area contributed by atoms with Gasteiger partial charge in [0.05, 0.1) is 11.0 Å². The van der Waals surface area contributed by atoms with Gasteiger partial charge in [-0.2, -0.15) is 0 Å². The van der Waals surface area contributed by atoms with Crippen molar-refractivity contribution in [1.29, 1.82) is 0 Å². The second-order valence-corrected chi connectivity index (χ2v) is 6.32. The fraction of sp³-hybridized carbons (Fsp3) is 0.200. The molecule has 0 fully saturated rings. The fourth-order valence-electron chi connectivity index (χ4n) is 2.68. The summed E-state index contributed by atoms with van der Waals surface area (Å²) in [6.07, 6.45) is 1.98. The molecule has 108 valence electrons. The summed E-state index contributed by atoms with van der Waals surface area (Å²) in [5.41, 5.74) is 3.20. The van der Waals surface area contributed by atoms with E-state index in [1.807, 2.05) is 6.07 Å². The number of nitro groups is 1. The van der Waals surface area contributed by atoms with E-state index in [4.69, 9.17) is 11.6 Å². The SMILES string of the molecule is O=[N+]([O-])c1cc(NC2CCc3cc(Br)ccc32)ccc1Cl. The van der Waals surface area contributed by atoms with Gasteiger partial charge in [0, 0.05) is 16.2 Å². The Morgan fingerprint density at radius 2 is 2.10 bits per heavy atom. The summed E-state index contributed by atoms with van der Waals surface area (Å²) in [4.78, 5) is 10.5. The van der Waals surface area contributed by atoms with E-state index in [0.717, 1.165) is 17.3 Å². The van der Waals surface area contributed by atoms with Crippen LogP contribution in [0.3, 0.4) is 0 Å². The summed E-state index contributed by atoms with van der Waals surface area (Å²) in [6.45, 7) is 0. The molecule has 0 radical (unpaired) electrons. The number of hydrogen-bond acceptors (Lipinski definition) is 3. The minimum atomic E-state index is -0.465. The molecule has 0 heterocycles. The van der Waals surface area contributed by atoms with Crippen LogP contribution in [0.5, 0.6) is 0 Å². The summed E-state index contributed by atoms with van der Waals surface area (Å²) < 4.78 is 1.07. The molecule has 0 saturated heterocycles. The smallest absolute Gasteiger partial charge is 0.289 e. The predicted octanol–water partition coefficient (Wildman–Crippen LogP) is 5.11. The lowest BCUT2D eigenvalue weighted by Gasteiger charge is -2.15. The van der Waals surface area contributed by atoms with Crippen LogP contribution >= 0.6 is 27.5 Å². The number of nitrogens with zero attached hydrogens (tertiary/aromatic N) is 1. The van der Waals surface area contributed by atoms with Crippen molar-refractivity contribution < 1.29 is 4.92 Å². The van der Waals surface area contributed by atoms with Gasteiger partial charge in [0.25, 0.3) is 5.69 Å². The van der Waals surface area contributed by atoms with E-state index in [0.29, 0.717) is 5.69 Å². The number of fused-ring (bicyclic) bond motifs is 1. The van der Waals surface area contributed by atoms with E-state index < -0.39 is 4.92 Å². The number of halogens is 2. The Bertz CT molecular complexity index is 721. The Labute approximate surface area is 135 Å². The first-order valence-electron chi connectivity index (χ1n) is 6.53. The number of nitrogens with one attached hydrogen (secondary N) is 1. The van der Waals surface area contributed by atoms with Gasteiger partial charge in [-0.05, 0) is 48.2 Å². The third-order valence-electron chi connectivity index (χ3n) is 3.67. The van der Waals surface area contributed by atoms with Gasteiger partial charge in [-0.15, -0.1) is 0 Å². The van der Waals surface area contributed by atoms with Gasteiger partial charge < -0.3 is 5.32 Å². The quantitative estimate of drug-likeness (QED) is 0.606. The maximum absolute atomic E-state index is 10.9. The molecule has 21 heavy (non-hydrogen) atoms. The average Bonchev–Trinajstić information content (AvgIpc) is 2.83. The van der Waals surface area contributed by atoms with Gasteiger partial charge in [0.1, 0.15) is 5.02 Å². The summed E-state index contributed by atoms with van der Waals surface area (Å²) >= 11 is 9.31. The van der Waals surface area contributed by atoms with Crippen molar-refractivity contribution >= 4 is 38.9 Å². The zero-order valence-electron chi connectivity index (χ0n) is 11.0. The Morgan fingerprint density at radius 1 is 1.29 bits per heavy atom. The Morgan fingerprint density at radius 3 is 2.86 bits per heavy atom. The molecule has 0 saturated carbocycles. The largest absolute Gasteiger partial charge is 0.378 e. The number of rotatable bonds is 3. The molecule has 1 N–H and O–H groups in total. The van der Waals surface area contributed by atoms with Crippen molar-refractivity contribution in [3.8, 4) is 0 Å². The van der Waals surface area contributed by atoms with Crippen LogP contribution in [-0.2, 0) is 6.42 Å². The van der Waals surface area contributed by atoms with Crippen molar-refractivity contribution in [3.63, 3.8) is 0 Å². The van der Waals surface area contributed by atoms with Gasteiger partial charge in [-0.1, -0.05) is 33.6 Å². The maximum atomic E-state index is 10.9. The molecule has 2 aromatic rings. The third-order valence-corrected chi connectivity index (χ3v) is 4.48. The van der Waals surface area contributed by atoms with E-state index in [1.165, 1.54) is 17.2 Å². The van der Waals surface area contributed by atoms with Crippen LogP contribution in [-0.4, -0.2) is 4.92 Å². The molecule has 2 aromatic carbocycles. The van der Waals surface area contributed by atoms with Crippen molar-refractivity contribution in [1.82, 2.24) is 0 Å². The monoisotopic (exact) mass is 366 g/mol. The van der Waals surface area contributed by atoms with Crippen LogP contribution in [0.25, 0.3) is 0 Å². The van der Waals surface area contributed by atoms with Gasteiger partial charge >= 0.3 is 0 Å². The molecule has 4 nitrogen and oxygen atoms in total. The number of hydrogen-bond donors (Lipinski definition) is 1. The molecule has 1 atom stereocenters. The number of nitro benzene ring substituents is 1. The summed E-state index contributed by atoms with van der Waals surface area (Å²) in [7, 11) is 0. The number of benzene rings is 2. The molecule has 6 heteroatoms. The molecule has 0 aromatic heterocycles. The van der Waals surface area contributed by atoms with Crippen molar-refractivity contribution in [2.75, 3.05) is 5.32 Å². The average molecular weight is 368 g/mol. The Kier molecular flexibility index (Phi) is 3.87. The van der Waals surface area contributed by atoms with E-state index in [1.54, 1.807) is 12.1 Å². The lowest BCUT2D eigenvalue weighted by atomic mass is 10.1. The second-order valence-electron chi connectivity index (χ2n) is 5.00. The predicted molar refractivity (Wildman–Crippen MR) is 86.9 cm³/mol. The first-order chi connectivity index (χ1) is 10.0. The zero-order chi connectivity index (χ0) is 15.0. The summed E-state index contributed by atoms with van der Waals surface area (Å²) in [5.74, 6) is 0. The minimum absolute atomic E-state index is 0.0734. The van der Waals surface area contributed by atoms with Crippen LogP contribution in [0.4, 0.5) is 11.4 Å². The summed E-state index contributed by atoms with van der Waals surface area (Å²) in [5, 5.41) is 14.4. The maximum Gasteiger partial charge on any atom is 0.289 e. The highest BCUT2D eigenvalue weighted by Gasteiger charge is 2.23. The van der Waals surface area contributed by atoms with Gasteiger partial charge in [0.15, 0.2) is 0 Å². The molecular formula is C15H12BrClN2O2. The fourth-order valence-corrected chi connectivity index (χ4v) is 3.27. The van der Waals surface area contributed by atoms with Gasteiger partial charge in [-0.3, -0.25) is 10.1 Å². The molecule has 1 aliphatic carbocycles. The normalized spacial score (nSPS) is 16.6. The highest BCUT2D eigenvalue weighted by Crippen LogP contribution is 2.36. The van der Waals surface area contributed by atoms with Gasteiger partial charge in [-0.25, -0.2) is 0 Å². The van der Waals surface area contributed by atoms with Gasteiger partial charge in [0.2, 0.25) is 0 Å². The topological polar surface area (TPSA) is 55.2 Å². The second kappa shape index (κ2) is 5.66. The van der Waals surface area contributed by atoms with Crippen molar-refractivity contribution in [2.45, 2.75) is 18.9 Å². The third kappa shape index (κ3) is 2.89. The molecule has 0 amide bonds. The van der Waals surface area contributed by atoms with E-state index in [2.05, 4.69) is 33.4 Å². The Hall–Kier alpha value is -1.59. The molecular weight excluding hydrogens is 356 g/mol. The van der Waals surface area contributed by atoms with Crippen LogP contribution < -0.4 is 5.32 Å². The highest BCUT2D eigenvalue weighted by molar-refractivity contribution is 9.10. The minimum Gasteiger partial charge on any atom is -0.378 e. The van der Waals surface area contributed by atoms with Crippen molar-refractivity contribution in [2.24, 2.45) is 0 Å². The Balaban J connectivity index is 1.86. The number of anilines is 1. The van der Waals surface area contributed by atoms with E-state index in [9.17, 15) is 10.1 Å².